The Balaban J connectivity index is 0.00000420. The lowest BCUT2D eigenvalue weighted by Gasteiger charge is -2.33. The van der Waals surface area contributed by atoms with Crippen molar-refractivity contribution in [3.8, 4) is 5.75 Å². The highest BCUT2D eigenvalue weighted by Gasteiger charge is 2.27. The Labute approximate surface area is 190 Å². The number of rotatable bonds is 9. The van der Waals surface area contributed by atoms with Crippen LogP contribution in [0, 0.1) is 11.7 Å². The summed E-state index contributed by atoms with van der Waals surface area (Å²) in [6, 6.07) is 6.06. The van der Waals surface area contributed by atoms with Gasteiger partial charge in [0, 0.05) is 26.2 Å². The molecule has 2 rings (SSSR count). The largest absolute Gasteiger partial charge is 0.494 e. The van der Waals surface area contributed by atoms with Crippen LogP contribution in [-0.4, -0.2) is 56.2 Å². The monoisotopic (exact) mass is 521 g/mol. The second kappa shape index (κ2) is 14.4. The Morgan fingerprint density at radius 3 is 2.52 bits per heavy atom. The summed E-state index contributed by atoms with van der Waals surface area (Å²) in [5.41, 5.74) is 0. The molecule has 0 unspecified atom stereocenters. The van der Waals surface area contributed by atoms with Gasteiger partial charge in [0.1, 0.15) is 11.6 Å². The number of nitrogens with one attached hydrogen (secondary N) is 1. The van der Waals surface area contributed by atoms with E-state index in [1.165, 1.54) is 12.1 Å². The van der Waals surface area contributed by atoms with Gasteiger partial charge in [-0.05, 0) is 63.8 Å². The number of aliphatic imine (C=N–C) groups is 1. The van der Waals surface area contributed by atoms with Crippen LogP contribution >= 0.6 is 24.0 Å². The molecule has 6 nitrogen and oxygen atoms in total. The summed E-state index contributed by atoms with van der Waals surface area (Å²) in [6.45, 7) is 8.06. The number of halogens is 2. The van der Waals surface area contributed by atoms with E-state index < -0.39 is 0 Å². The predicted octanol–water partition coefficient (Wildman–Crippen LogP) is 3.84. The van der Waals surface area contributed by atoms with Gasteiger partial charge in [-0.1, -0.05) is 0 Å². The van der Waals surface area contributed by atoms with Crippen molar-refractivity contribution >= 4 is 35.9 Å². The quantitative estimate of drug-likeness (QED) is 0.176. The first-order chi connectivity index (χ1) is 13.6. The SMILES string of the molecule is CCNC(=NCCCCOc1ccc(F)cc1)N1CCC(C(=O)OCC)CC1.I. The summed E-state index contributed by atoms with van der Waals surface area (Å²) < 4.78 is 23.6. The zero-order valence-electron chi connectivity index (χ0n) is 17.4. The number of unbranched alkanes of at least 4 members (excludes halogenated alkanes) is 1. The number of benzene rings is 1. The molecule has 1 fully saturated rings. The fraction of sp³-hybridized carbons (Fsp3) is 0.619. The van der Waals surface area contributed by atoms with Crippen LogP contribution in [0.15, 0.2) is 29.3 Å². The van der Waals surface area contributed by atoms with Gasteiger partial charge in [0.05, 0.1) is 19.1 Å². The van der Waals surface area contributed by atoms with Gasteiger partial charge in [-0.15, -0.1) is 24.0 Å². The number of hydrogen-bond acceptors (Lipinski definition) is 4. The zero-order chi connectivity index (χ0) is 20.2. The fourth-order valence-corrected chi connectivity index (χ4v) is 3.13. The topological polar surface area (TPSA) is 63.2 Å². The highest BCUT2D eigenvalue weighted by Crippen LogP contribution is 2.19. The molecule has 0 aromatic heterocycles. The molecule has 1 saturated heterocycles. The highest BCUT2D eigenvalue weighted by molar-refractivity contribution is 14.0. The van der Waals surface area contributed by atoms with Crippen molar-refractivity contribution in [2.45, 2.75) is 39.5 Å². The molecule has 29 heavy (non-hydrogen) atoms. The molecule has 0 amide bonds. The Bertz CT molecular complexity index is 620. The number of carbonyl (C=O) groups excluding carboxylic acids is 1. The van der Waals surface area contributed by atoms with Crippen molar-refractivity contribution < 1.29 is 18.7 Å². The minimum absolute atomic E-state index is 0. The van der Waals surface area contributed by atoms with Gasteiger partial charge in [-0.25, -0.2) is 4.39 Å². The molecule has 0 bridgehead atoms. The maximum Gasteiger partial charge on any atom is 0.309 e. The van der Waals surface area contributed by atoms with Crippen molar-refractivity contribution in [2.75, 3.05) is 39.4 Å². The summed E-state index contributed by atoms with van der Waals surface area (Å²) in [7, 11) is 0. The van der Waals surface area contributed by atoms with Crippen LogP contribution in [0.1, 0.15) is 39.5 Å². The van der Waals surface area contributed by atoms with Crippen LogP contribution in [0.2, 0.25) is 0 Å². The van der Waals surface area contributed by atoms with Gasteiger partial charge in [0.25, 0.3) is 0 Å². The van der Waals surface area contributed by atoms with Crippen molar-refractivity contribution in [2.24, 2.45) is 10.9 Å². The lowest BCUT2D eigenvalue weighted by Crippen LogP contribution is -2.46. The van der Waals surface area contributed by atoms with Crippen LogP contribution in [0.25, 0.3) is 0 Å². The average molecular weight is 521 g/mol. The summed E-state index contributed by atoms with van der Waals surface area (Å²) in [4.78, 5) is 18.8. The molecule has 0 atom stereocenters. The van der Waals surface area contributed by atoms with Gasteiger partial charge in [0.2, 0.25) is 0 Å². The average Bonchev–Trinajstić information content (AvgIpc) is 2.71. The molecule has 0 spiro atoms. The Morgan fingerprint density at radius 1 is 1.21 bits per heavy atom. The first kappa shape index (κ1) is 25.5. The molecule has 1 aromatic rings. The Morgan fingerprint density at radius 2 is 1.90 bits per heavy atom. The summed E-state index contributed by atoms with van der Waals surface area (Å²) in [5, 5.41) is 3.34. The van der Waals surface area contributed by atoms with Crippen molar-refractivity contribution in [1.82, 2.24) is 10.2 Å². The van der Waals surface area contributed by atoms with Crippen LogP contribution in [0.3, 0.4) is 0 Å². The second-order valence-corrected chi connectivity index (χ2v) is 6.76. The van der Waals surface area contributed by atoms with Gasteiger partial charge in [-0.2, -0.15) is 0 Å². The van der Waals surface area contributed by atoms with E-state index in [-0.39, 0.29) is 41.7 Å². The predicted molar refractivity (Wildman–Crippen MR) is 123 cm³/mol. The van der Waals surface area contributed by atoms with Crippen LogP contribution in [0.5, 0.6) is 5.75 Å². The Kier molecular flexibility index (Phi) is 12.6. The smallest absolute Gasteiger partial charge is 0.309 e. The molecular weight excluding hydrogens is 488 g/mol. The second-order valence-electron chi connectivity index (χ2n) is 6.76. The molecule has 0 radical (unpaired) electrons. The highest BCUT2D eigenvalue weighted by atomic mass is 127. The first-order valence-corrected chi connectivity index (χ1v) is 10.2. The van der Waals surface area contributed by atoms with Gasteiger partial charge in [-0.3, -0.25) is 9.79 Å². The van der Waals surface area contributed by atoms with Crippen molar-refractivity contribution in [1.29, 1.82) is 0 Å². The molecule has 1 heterocycles. The molecule has 1 N–H and O–H groups in total. The lowest BCUT2D eigenvalue weighted by molar-refractivity contribution is -0.149. The third kappa shape index (κ3) is 9.18. The number of ether oxygens (including phenoxy) is 2. The van der Waals surface area contributed by atoms with E-state index in [4.69, 9.17) is 14.5 Å². The molecule has 8 heteroatoms. The summed E-state index contributed by atoms with van der Waals surface area (Å²) in [5.74, 6) is 1.25. The van der Waals surface area contributed by atoms with Crippen LogP contribution in [-0.2, 0) is 9.53 Å². The number of carbonyl (C=O) groups is 1. The third-order valence-electron chi connectivity index (χ3n) is 4.65. The molecular formula is C21H33FIN3O3. The fourth-order valence-electron chi connectivity index (χ4n) is 3.13. The lowest BCUT2D eigenvalue weighted by atomic mass is 9.97. The zero-order valence-corrected chi connectivity index (χ0v) is 19.7. The Hall–Kier alpha value is -1.58. The summed E-state index contributed by atoms with van der Waals surface area (Å²) in [6.07, 6.45) is 3.39. The maximum atomic E-state index is 12.9. The number of esters is 1. The number of likely N-dealkylation sites (tertiary alicyclic amines) is 1. The van der Waals surface area contributed by atoms with Crippen LogP contribution < -0.4 is 10.1 Å². The van der Waals surface area contributed by atoms with Crippen LogP contribution in [0.4, 0.5) is 4.39 Å². The van der Waals surface area contributed by atoms with Gasteiger partial charge < -0.3 is 19.7 Å². The molecule has 1 aliphatic rings. The van der Waals surface area contributed by atoms with Crippen molar-refractivity contribution in [3.05, 3.63) is 30.1 Å². The van der Waals surface area contributed by atoms with E-state index in [1.807, 2.05) is 6.92 Å². The van der Waals surface area contributed by atoms with E-state index >= 15 is 0 Å². The number of guanidine groups is 1. The van der Waals surface area contributed by atoms with Gasteiger partial charge in [0.15, 0.2) is 5.96 Å². The number of nitrogens with zero attached hydrogens (tertiary/aromatic N) is 2. The van der Waals surface area contributed by atoms with Gasteiger partial charge >= 0.3 is 5.97 Å². The summed E-state index contributed by atoms with van der Waals surface area (Å²) >= 11 is 0. The number of hydrogen-bond donors (Lipinski definition) is 1. The van der Waals surface area contributed by atoms with E-state index in [2.05, 4.69) is 17.1 Å². The third-order valence-corrected chi connectivity index (χ3v) is 4.65. The standard InChI is InChI=1S/C21H32FN3O3.HI/c1-3-23-21(25-14-11-17(12-15-25)20(26)27-4-2)24-13-5-6-16-28-19-9-7-18(22)8-10-19;/h7-10,17H,3-6,11-16H2,1-2H3,(H,23,24);1H. The number of piperidine rings is 1. The molecule has 1 aromatic carbocycles. The molecule has 0 aliphatic carbocycles. The van der Waals surface area contributed by atoms with E-state index in [9.17, 15) is 9.18 Å². The maximum absolute atomic E-state index is 12.9. The van der Waals surface area contributed by atoms with E-state index in [0.717, 1.165) is 51.3 Å². The van der Waals surface area contributed by atoms with E-state index in [0.29, 0.717) is 25.5 Å². The minimum atomic E-state index is -0.260. The van der Waals surface area contributed by atoms with Crippen molar-refractivity contribution in [3.63, 3.8) is 0 Å². The molecule has 164 valence electrons. The minimum Gasteiger partial charge on any atom is -0.494 e. The van der Waals surface area contributed by atoms with E-state index in [1.54, 1.807) is 12.1 Å². The first-order valence-electron chi connectivity index (χ1n) is 10.2. The molecule has 1 aliphatic heterocycles. The normalized spacial score (nSPS) is 14.9. The molecule has 0 saturated carbocycles.